The highest BCUT2D eigenvalue weighted by molar-refractivity contribution is 5.95. The molecule has 3 rings (SSSR count). The maximum atomic E-state index is 12.3. The number of hydrogen-bond donors (Lipinski definition) is 0. The normalized spacial score (nSPS) is 15.3. The van der Waals surface area contributed by atoms with Crippen LogP contribution in [0.4, 0.5) is 5.69 Å². The van der Waals surface area contributed by atoms with E-state index in [0.29, 0.717) is 12.2 Å². The zero-order chi connectivity index (χ0) is 17.8. The predicted molar refractivity (Wildman–Crippen MR) is 93.4 cm³/mol. The van der Waals surface area contributed by atoms with Gasteiger partial charge < -0.3 is 19.0 Å². The van der Waals surface area contributed by atoms with Crippen LogP contribution in [-0.4, -0.2) is 36.9 Å². The van der Waals surface area contributed by atoms with Gasteiger partial charge in [0.25, 0.3) is 5.91 Å². The Balaban J connectivity index is 1.59. The van der Waals surface area contributed by atoms with Gasteiger partial charge in [0.2, 0.25) is 5.91 Å². The summed E-state index contributed by atoms with van der Waals surface area (Å²) in [4.78, 5) is 27.5. The van der Waals surface area contributed by atoms with E-state index in [9.17, 15) is 9.59 Å². The number of nitrogens with zero attached hydrogens (tertiary/aromatic N) is 2. The van der Waals surface area contributed by atoms with E-state index in [1.54, 1.807) is 41.3 Å². The van der Waals surface area contributed by atoms with Crippen molar-refractivity contribution in [3.63, 3.8) is 0 Å². The van der Waals surface area contributed by atoms with Gasteiger partial charge in [-0.2, -0.15) is 0 Å². The molecule has 0 bridgehead atoms. The number of carbonyl (C=O) groups excluding carboxylic acids is 2. The van der Waals surface area contributed by atoms with Gasteiger partial charge in [-0.25, -0.2) is 0 Å². The molecule has 25 heavy (non-hydrogen) atoms. The largest absolute Gasteiger partial charge is 0.484 e. The fourth-order valence-corrected chi connectivity index (χ4v) is 2.85. The van der Waals surface area contributed by atoms with Crippen LogP contribution in [0, 0.1) is 0 Å². The van der Waals surface area contributed by atoms with Gasteiger partial charge in [-0.1, -0.05) is 6.07 Å². The molecule has 2 amide bonds. The van der Waals surface area contributed by atoms with Gasteiger partial charge >= 0.3 is 0 Å². The lowest BCUT2D eigenvalue weighted by Crippen LogP contribution is -2.33. The smallest absolute Gasteiger partial charge is 0.260 e. The van der Waals surface area contributed by atoms with Gasteiger partial charge in [0, 0.05) is 31.8 Å². The molecule has 1 fully saturated rings. The molecule has 0 N–H and O–H groups in total. The molecule has 6 nitrogen and oxygen atoms in total. The molecule has 0 radical (unpaired) electrons. The summed E-state index contributed by atoms with van der Waals surface area (Å²) in [5, 5.41) is 0. The Bertz CT molecular complexity index is 742. The van der Waals surface area contributed by atoms with Crippen LogP contribution in [0.25, 0.3) is 0 Å². The maximum absolute atomic E-state index is 12.3. The lowest BCUT2D eigenvalue weighted by Gasteiger charge is -2.23. The Kier molecular flexibility index (Phi) is 5.07. The topological polar surface area (TPSA) is 63.0 Å². The van der Waals surface area contributed by atoms with E-state index in [1.165, 1.54) is 0 Å². The van der Waals surface area contributed by atoms with Crippen LogP contribution in [0.2, 0.25) is 0 Å². The number of rotatable bonds is 6. The molecule has 1 aromatic heterocycles. The van der Waals surface area contributed by atoms with Crippen LogP contribution in [0.5, 0.6) is 5.75 Å². The summed E-state index contributed by atoms with van der Waals surface area (Å²) in [6.07, 6.45) is 3.04. The Morgan fingerprint density at radius 1 is 1.36 bits per heavy atom. The van der Waals surface area contributed by atoms with E-state index in [-0.39, 0.29) is 24.5 Å². The van der Waals surface area contributed by atoms with Crippen molar-refractivity contribution >= 4 is 17.5 Å². The number of benzene rings is 1. The molecule has 2 heterocycles. The lowest BCUT2D eigenvalue weighted by atomic mass is 10.2. The summed E-state index contributed by atoms with van der Waals surface area (Å²) in [5.41, 5.74) is 0.810. The Hall–Kier alpha value is -2.76. The molecular weight excluding hydrogens is 320 g/mol. The molecule has 0 aliphatic carbocycles. The third-order valence-corrected chi connectivity index (χ3v) is 4.49. The van der Waals surface area contributed by atoms with Crippen molar-refractivity contribution < 1.29 is 18.7 Å². The molecule has 2 aromatic rings. The first-order chi connectivity index (χ1) is 12.1. The summed E-state index contributed by atoms with van der Waals surface area (Å²) in [6.45, 7) is 2.56. The first kappa shape index (κ1) is 17.1. The van der Waals surface area contributed by atoms with Gasteiger partial charge in [-0.3, -0.25) is 9.59 Å². The second-order valence-electron chi connectivity index (χ2n) is 6.13. The van der Waals surface area contributed by atoms with Gasteiger partial charge in [0.15, 0.2) is 6.61 Å². The standard InChI is InChI=1S/C19H22N2O4/c1-14(17-8-5-11-24-17)20(2)19(23)13-25-16-7-3-6-15(12-16)21-10-4-9-18(21)22/h3,5-8,11-12,14H,4,9-10,13H2,1-2H3. The monoisotopic (exact) mass is 342 g/mol. The molecule has 1 unspecified atom stereocenters. The SMILES string of the molecule is CC(c1ccco1)N(C)C(=O)COc1cccc(N2CCCC2=O)c1. The van der Waals surface area contributed by atoms with Gasteiger partial charge in [0.05, 0.1) is 12.3 Å². The highest BCUT2D eigenvalue weighted by atomic mass is 16.5. The average Bonchev–Trinajstić information content (AvgIpc) is 3.30. The zero-order valence-corrected chi connectivity index (χ0v) is 14.5. The third kappa shape index (κ3) is 3.84. The number of hydrogen-bond acceptors (Lipinski definition) is 4. The van der Waals surface area contributed by atoms with Gasteiger partial charge in [0.1, 0.15) is 11.5 Å². The molecular formula is C19H22N2O4. The van der Waals surface area contributed by atoms with Crippen molar-refractivity contribution in [3.05, 3.63) is 48.4 Å². The van der Waals surface area contributed by atoms with E-state index < -0.39 is 0 Å². The van der Waals surface area contributed by atoms with Crippen LogP contribution < -0.4 is 9.64 Å². The Morgan fingerprint density at radius 2 is 2.20 bits per heavy atom. The minimum Gasteiger partial charge on any atom is -0.484 e. The molecule has 6 heteroatoms. The Labute approximate surface area is 147 Å². The van der Waals surface area contributed by atoms with Crippen molar-refractivity contribution in [2.75, 3.05) is 25.1 Å². The number of anilines is 1. The summed E-state index contributed by atoms with van der Waals surface area (Å²) >= 11 is 0. The van der Waals surface area contributed by atoms with Crippen molar-refractivity contribution in [2.24, 2.45) is 0 Å². The molecule has 1 aliphatic heterocycles. The van der Waals surface area contributed by atoms with E-state index in [0.717, 1.165) is 24.4 Å². The summed E-state index contributed by atoms with van der Waals surface area (Å²) in [7, 11) is 1.72. The van der Waals surface area contributed by atoms with Crippen LogP contribution >= 0.6 is 0 Å². The second-order valence-corrected chi connectivity index (χ2v) is 6.13. The Morgan fingerprint density at radius 3 is 2.88 bits per heavy atom. The summed E-state index contributed by atoms with van der Waals surface area (Å²) < 4.78 is 11.0. The van der Waals surface area contributed by atoms with E-state index >= 15 is 0 Å². The molecule has 132 valence electrons. The predicted octanol–water partition coefficient (Wildman–Crippen LogP) is 3.00. The van der Waals surface area contributed by atoms with Crippen molar-refractivity contribution in [1.29, 1.82) is 0 Å². The minimum absolute atomic E-state index is 0.0705. The molecule has 1 aromatic carbocycles. The maximum Gasteiger partial charge on any atom is 0.260 e. The molecule has 1 saturated heterocycles. The highest BCUT2D eigenvalue weighted by Gasteiger charge is 2.22. The number of furan rings is 1. The quantitative estimate of drug-likeness (QED) is 0.809. The van der Waals surface area contributed by atoms with Gasteiger partial charge in [-0.15, -0.1) is 0 Å². The molecule has 1 aliphatic rings. The molecule has 1 atom stereocenters. The van der Waals surface area contributed by atoms with E-state index in [2.05, 4.69) is 0 Å². The van der Waals surface area contributed by atoms with Crippen LogP contribution in [-0.2, 0) is 9.59 Å². The third-order valence-electron chi connectivity index (χ3n) is 4.49. The van der Waals surface area contributed by atoms with Gasteiger partial charge in [-0.05, 0) is 37.6 Å². The average molecular weight is 342 g/mol. The number of likely N-dealkylation sites (N-methyl/N-ethyl adjacent to an activating group) is 1. The fourth-order valence-electron chi connectivity index (χ4n) is 2.85. The number of carbonyl (C=O) groups is 2. The highest BCUT2D eigenvalue weighted by Crippen LogP contribution is 2.25. The first-order valence-electron chi connectivity index (χ1n) is 8.38. The van der Waals surface area contributed by atoms with Crippen molar-refractivity contribution in [2.45, 2.75) is 25.8 Å². The van der Waals surface area contributed by atoms with Crippen LogP contribution in [0.3, 0.4) is 0 Å². The molecule has 0 saturated carbocycles. The number of ether oxygens (including phenoxy) is 1. The number of amides is 2. The first-order valence-corrected chi connectivity index (χ1v) is 8.38. The molecule has 0 spiro atoms. The second kappa shape index (κ2) is 7.42. The van der Waals surface area contributed by atoms with Crippen LogP contribution in [0.15, 0.2) is 47.1 Å². The van der Waals surface area contributed by atoms with Crippen LogP contribution in [0.1, 0.15) is 31.6 Å². The summed E-state index contributed by atoms with van der Waals surface area (Å²) in [5.74, 6) is 1.28. The zero-order valence-electron chi connectivity index (χ0n) is 14.5. The van der Waals surface area contributed by atoms with E-state index in [1.807, 2.05) is 25.1 Å². The van der Waals surface area contributed by atoms with E-state index in [4.69, 9.17) is 9.15 Å². The van der Waals surface area contributed by atoms with Crippen molar-refractivity contribution in [1.82, 2.24) is 4.90 Å². The fraction of sp³-hybridized carbons (Fsp3) is 0.368. The lowest BCUT2D eigenvalue weighted by molar-refractivity contribution is -0.134. The minimum atomic E-state index is -0.167. The van der Waals surface area contributed by atoms with Crippen molar-refractivity contribution in [3.8, 4) is 5.75 Å². The summed E-state index contributed by atoms with van der Waals surface area (Å²) in [6, 6.07) is 10.8.